The molecular weight excluding hydrogens is 310 g/mol. The number of esters is 2. The number of carbonyl (C=O) groups is 2. The van der Waals surface area contributed by atoms with Gasteiger partial charge in [-0.1, -0.05) is 13.2 Å². The molecule has 0 saturated carbocycles. The Morgan fingerprint density at radius 3 is 1.59 bits per heavy atom. The van der Waals surface area contributed by atoms with E-state index in [-0.39, 0.29) is 43.2 Å². The van der Waals surface area contributed by atoms with E-state index in [0.29, 0.717) is 0 Å². The molecule has 0 amide bonds. The minimum Gasteiger partial charge on any atom is -0.461 e. The van der Waals surface area contributed by atoms with Gasteiger partial charge in [-0.15, -0.1) is 0 Å². The van der Waals surface area contributed by atoms with E-state index in [4.69, 9.17) is 9.47 Å². The molecule has 0 aliphatic rings. The lowest BCUT2D eigenvalue weighted by Gasteiger charge is -2.21. The molecule has 0 bridgehead atoms. The lowest BCUT2D eigenvalue weighted by Crippen LogP contribution is -2.38. The van der Waals surface area contributed by atoms with Crippen molar-refractivity contribution in [3.05, 3.63) is 24.3 Å². The van der Waals surface area contributed by atoms with Crippen molar-refractivity contribution in [1.82, 2.24) is 4.31 Å². The summed E-state index contributed by atoms with van der Waals surface area (Å²) in [5.74, 6) is -1.26. The zero-order valence-electron chi connectivity index (χ0n) is 13.3. The lowest BCUT2D eigenvalue weighted by molar-refractivity contribution is -0.139. The molecule has 0 spiro atoms. The summed E-state index contributed by atoms with van der Waals surface area (Å²) in [6, 6.07) is 0. The number of rotatable bonds is 10. The molecule has 7 nitrogen and oxygen atoms in total. The molecule has 0 saturated heterocycles. The largest absolute Gasteiger partial charge is 0.461 e. The molecule has 126 valence electrons. The first-order chi connectivity index (χ1) is 10.1. The van der Waals surface area contributed by atoms with Crippen LogP contribution in [0.3, 0.4) is 0 Å². The Balaban J connectivity index is 4.53. The summed E-state index contributed by atoms with van der Waals surface area (Å²) in [6.07, 6.45) is 0. The third kappa shape index (κ3) is 7.37. The van der Waals surface area contributed by atoms with Gasteiger partial charge in [0, 0.05) is 24.2 Å². The fourth-order valence-corrected chi connectivity index (χ4v) is 2.37. The second-order valence-corrected chi connectivity index (χ2v) is 6.89. The van der Waals surface area contributed by atoms with Gasteiger partial charge < -0.3 is 9.47 Å². The number of hydrogen-bond acceptors (Lipinski definition) is 6. The van der Waals surface area contributed by atoms with Crippen LogP contribution in [0.25, 0.3) is 0 Å². The van der Waals surface area contributed by atoms with Crippen LogP contribution in [0.5, 0.6) is 0 Å². The van der Waals surface area contributed by atoms with Crippen LogP contribution < -0.4 is 0 Å². The second-order valence-electron chi connectivity index (χ2n) is 4.63. The molecule has 0 aromatic carbocycles. The summed E-state index contributed by atoms with van der Waals surface area (Å²) < 4.78 is 34.7. The van der Waals surface area contributed by atoms with Gasteiger partial charge in [0.15, 0.2) is 0 Å². The van der Waals surface area contributed by atoms with Gasteiger partial charge in [0.1, 0.15) is 13.2 Å². The van der Waals surface area contributed by atoms with Crippen LogP contribution in [0.1, 0.15) is 20.8 Å². The molecule has 0 atom stereocenters. The predicted octanol–water partition coefficient (Wildman–Crippen LogP) is 0.877. The van der Waals surface area contributed by atoms with Gasteiger partial charge in [0.05, 0.1) is 5.75 Å². The molecule has 0 N–H and O–H groups in total. The van der Waals surface area contributed by atoms with Crippen molar-refractivity contribution in [2.24, 2.45) is 0 Å². The minimum atomic E-state index is -3.49. The summed E-state index contributed by atoms with van der Waals surface area (Å²) >= 11 is 0. The zero-order chi connectivity index (χ0) is 17.3. The highest BCUT2D eigenvalue weighted by Gasteiger charge is 2.20. The second kappa shape index (κ2) is 9.37. The number of nitrogens with zero attached hydrogens (tertiary/aromatic N) is 1. The topological polar surface area (TPSA) is 90.0 Å². The molecule has 0 aliphatic heterocycles. The van der Waals surface area contributed by atoms with Gasteiger partial charge in [-0.3, -0.25) is 0 Å². The van der Waals surface area contributed by atoms with Crippen LogP contribution in [-0.2, 0) is 29.1 Å². The maximum Gasteiger partial charge on any atom is 0.333 e. The molecule has 0 heterocycles. The Hall–Kier alpha value is -1.67. The molecule has 0 unspecified atom stereocenters. The average molecular weight is 333 g/mol. The van der Waals surface area contributed by atoms with Crippen LogP contribution in [0.4, 0.5) is 0 Å². The summed E-state index contributed by atoms with van der Waals surface area (Å²) in [5.41, 5.74) is 0.473. The third-order valence-electron chi connectivity index (χ3n) is 2.60. The van der Waals surface area contributed by atoms with E-state index in [2.05, 4.69) is 13.2 Å². The quantitative estimate of drug-likeness (QED) is 0.435. The molecule has 22 heavy (non-hydrogen) atoms. The van der Waals surface area contributed by atoms with Gasteiger partial charge in [-0.25, -0.2) is 18.0 Å². The average Bonchev–Trinajstić information content (AvgIpc) is 2.44. The SMILES string of the molecule is C=C(C)C(=O)OCCN(CCOC(=O)C(=C)C)S(=O)(=O)CC. The Morgan fingerprint density at radius 1 is 0.955 bits per heavy atom. The summed E-state index contributed by atoms with van der Waals surface area (Å²) in [7, 11) is -3.49. The molecule has 0 radical (unpaired) electrons. The molecule has 0 rings (SSSR count). The fourth-order valence-electron chi connectivity index (χ4n) is 1.30. The summed E-state index contributed by atoms with van der Waals surface area (Å²) in [5, 5.41) is 0. The third-order valence-corrected chi connectivity index (χ3v) is 4.48. The fraction of sp³-hybridized carbons (Fsp3) is 0.571. The van der Waals surface area contributed by atoms with Crippen molar-refractivity contribution in [2.75, 3.05) is 32.1 Å². The Bertz CT molecular complexity index is 506. The standard InChI is InChI=1S/C14H23NO6S/c1-6-22(18,19)15(7-9-20-13(16)11(2)3)8-10-21-14(17)12(4)5/h2,4,6-10H2,1,3,5H3. The number of hydrogen-bond donors (Lipinski definition) is 0. The molecule has 0 aliphatic carbocycles. The Labute approximate surface area is 131 Å². The maximum absolute atomic E-state index is 11.9. The van der Waals surface area contributed by atoms with Crippen LogP contribution in [0, 0.1) is 0 Å². The Kier molecular flexibility index (Phi) is 8.66. The minimum absolute atomic E-state index is 0.0141. The highest BCUT2D eigenvalue weighted by atomic mass is 32.2. The van der Waals surface area contributed by atoms with Crippen LogP contribution in [-0.4, -0.2) is 56.7 Å². The molecule has 0 aromatic heterocycles. The van der Waals surface area contributed by atoms with Gasteiger partial charge >= 0.3 is 11.9 Å². The highest BCUT2D eigenvalue weighted by Crippen LogP contribution is 2.03. The van der Waals surface area contributed by atoms with E-state index in [0.717, 1.165) is 4.31 Å². The van der Waals surface area contributed by atoms with E-state index < -0.39 is 22.0 Å². The first kappa shape index (κ1) is 20.3. The van der Waals surface area contributed by atoms with Crippen LogP contribution in [0.15, 0.2) is 24.3 Å². The first-order valence-corrected chi connectivity index (χ1v) is 8.35. The molecule has 8 heteroatoms. The zero-order valence-corrected chi connectivity index (χ0v) is 14.1. The van der Waals surface area contributed by atoms with Crippen molar-refractivity contribution in [3.8, 4) is 0 Å². The molecule has 0 fully saturated rings. The monoisotopic (exact) mass is 333 g/mol. The van der Waals surface area contributed by atoms with E-state index in [9.17, 15) is 18.0 Å². The van der Waals surface area contributed by atoms with Crippen molar-refractivity contribution in [2.45, 2.75) is 20.8 Å². The Morgan fingerprint density at radius 2 is 1.32 bits per heavy atom. The van der Waals surface area contributed by atoms with Crippen LogP contribution in [0.2, 0.25) is 0 Å². The van der Waals surface area contributed by atoms with Gasteiger partial charge in [0.25, 0.3) is 0 Å². The smallest absolute Gasteiger partial charge is 0.333 e. The van der Waals surface area contributed by atoms with Crippen LogP contribution >= 0.6 is 0 Å². The first-order valence-electron chi connectivity index (χ1n) is 6.75. The number of carbonyl (C=O) groups excluding carboxylic acids is 2. The van der Waals surface area contributed by atoms with E-state index in [1.54, 1.807) is 0 Å². The summed E-state index contributed by atoms with van der Waals surface area (Å²) in [4.78, 5) is 22.5. The van der Waals surface area contributed by atoms with E-state index in [1.807, 2.05) is 0 Å². The van der Waals surface area contributed by atoms with Crippen molar-refractivity contribution in [3.63, 3.8) is 0 Å². The van der Waals surface area contributed by atoms with Crippen molar-refractivity contribution in [1.29, 1.82) is 0 Å². The lowest BCUT2D eigenvalue weighted by atomic mass is 10.4. The summed E-state index contributed by atoms with van der Waals surface area (Å²) in [6.45, 7) is 11.1. The van der Waals surface area contributed by atoms with Gasteiger partial charge in [0.2, 0.25) is 10.0 Å². The van der Waals surface area contributed by atoms with Gasteiger partial charge in [-0.05, 0) is 20.8 Å². The predicted molar refractivity (Wildman–Crippen MR) is 82.6 cm³/mol. The normalized spacial score (nSPS) is 11.1. The number of ether oxygens (including phenoxy) is 2. The number of sulfonamides is 1. The van der Waals surface area contributed by atoms with E-state index in [1.165, 1.54) is 20.8 Å². The van der Waals surface area contributed by atoms with E-state index >= 15 is 0 Å². The van der Waals surface area contributed by atoms with Crippen molar-refractivity contribution >= 4 is 22.0 Å². The maximum atomic E-state index is 11.9. The highest BCUT2D eigenvalue weighted by molar-refractivity contribution is 7.89. The molecular formula is C14H23NO6S. The molecule has 0 aromatic rings. The van der Waals surface area contributed by atoms with Crippen molar-refractivity contribution < 1.29 is 27.5 Å². The van der Waals surface area contributed by atoms with Gasteiger partial charge in [-0.2, -0.15) is 4.31 Å².